The topological polar surface area (TPSA) is 88.8 Å². The summed E-state index contributed by atoms with van der Waals surface area (Å²) in [5, 5.41) is 2.62. The molecule has 0 saturated carbocycles. The van der Waals surface area contributed by atoms with Crippen molar-refractivity contribution in [3.05, 3.63) is 114 Å². The van der Waals surface area contributed by atoms with Crippen molar-refractivity contribution in [1.29, 1.82) is 0 Å². The number of carbonyl (C=O) groups excluding carboxylic acids is 1. The van der Waals surface area contributed by atoms with Gasteiger partial charge in [-0.1, -0.05) is 6.07 Å². The summed E-state index contributed by atoms with van der Waals surface area (Å²) in [7, 11) is 0. The Morgan fingerprint density at radius 2 is 1.74 bits per heavy atom. The van der Waals surface area contributed by atoms with Crippen LogP contribution in [0.5, 0.6) is 0 Å². The molecule has 0 radical (unpaired) electrons. The van der Waals surface area contributed by atoms with Crippen molar-refractivity contribution in [3.63, 3.8) is 0 Å². The van der Waals surface area contributed by atoms with Crippen molar-refractivity contribution in [2.75, 3.05) is 10.2 Å². The minimum Gasteiger partial charge on any atom is -0.322 e. The monoisotopic (exact) mass is 529 g/mol. The minimum atomic E-state index is -4.61. The second-order valence-electron chi connectivity index (χ2n) is 8.74. The maximum atomic E-state index is 13.7. The highest BCUT2D eigenvalue weighted by Crippen LogP contribution is 2.35. The van der Waals surface area contributed by atoms with E-state index >= 15 is 0 Å². The van der Waals surface area contributed by atoms with Crippen LogP contribution in [0.2, 0.25) is 0 Å². The highest BCUT2D eigenvalue weighted by Gasteiger charge is 2.31. The van der Waals surface area contributed by atoms with Crippen LogP contribution >= 0.6 is 0 Å². The second-order valence-corrected chi connectivity index (χ2v) is 8.74. The Morgan fingerprint density at radius 3 is 2.41 bits per heavy atom. The molecule has 3 aromatic heterocycles. The van der Waals surface area contributed by atoms with Crippen LogP contribution in [0.15, 0.2) is 91.9 Å². The minimum absolute atomic E-state index is 0.00573. The number of anilines is 4. The number of imidazole rings is 1. The Bertz CT molecular complexity index is 1580. The van der Waals surface area contributed by atoms with Crippen LogP contribution < -0.4 is 10.2 Å². The van der Waals surface area contributed by atoms with Crippen molar-refractivity contribution in [3.8, 4) is 5.69 Å². The predicted octanol–water partition coefficient (Wildman–Crippen LogP) is 6.42. The number of hydrogen-bond donors (Lipinski definition) is 1. The number of nitrogens with zero attached hydrogens (tertiary/aromatic N) is 6. The Hall–Kier alpha value is -5.06. The summed E-state index contributed by atoms with van der Waals surface area (Å²) in [5.41, 5.74) is 2.30. The lowest BCUT2D eigenvalue weighted by Gasteiger charge is -2.24. The molecule has 196 valence electrons. The molecule has 0 bridgehead atoms. The lowest BCUT2D eigenvalue weighted by Crippen LogP contribution is -2.17. The number of carbonyl (C=O) groups is 1. The summed E-state index contributed by atoms with van der Waals surface area (Å²) in [6.07, 6.45) is 4.90. The molecule has 0 aliphatic heterocycles. The molecule has 0 saturated heterocycles. The van der Waals surface area contributed by atoms with E-state index in [1.165, 1.54) is 17.0 Å². The number of alkyl halides is 3. The average Bonchev–Trinajstić information content (AvgIpc) is 3.37. The van der Waals surface area contributed by atoms with Crippen LogP contribution in [0.1, 0.15) is 27.2 Å². The largest absolute Gasteiger partial charge is 0.416 e. The van der Waals surface area contributed by atoms with Crippen molar-refractivity contribution < 1.29 is 18.0 Å². The fourth-order valence-corrected chi connectivity index (χ4v) is 4.01. The predicted molar refractivity (Wildman–Crippen MR) is 141 cm³/mol. The van der Waals surface area contributed by atoms with Gasteiger partial charge in [0.15, 0.2) is 0 Å². The molecule has 0 aliphatic carbocycles. The molecular weight excluding hydrogens is 507 g/mol. The van der Waals surface area contributed by atoms with Gasteiger partial charge < -0.3 is 9.88 Å². The van der Waals surface area contributed by atoms with Crippen LogP contribution in [0.25, 0.3) is 5.69 Å². The molecule has 0 unspecified atom stereocenters. The van der Waals surface area contributed by atoms with Gasteiger partial charge in [-0.2, -0.15) is 13.2 Å². The number of aromatic nitrogens is 5. The number of nitrogens with one attached hydrogen (secondary N) is 1. The Kier molecular flexibility index (Phi) is 6.80. The highest BCUT2D eigenvalue weighted by atomic mass is 19.4. The zero-order valence-electron chi connectivity index (χ0n) is 20.9. The number of pyridine rings is 1. The van der Waals surface area contributed by atoms with E-state index in [4.69, 9.17) is 0 Å². The molecule has 11 heteroatoms. The summed E-state index contributed by atoms with van der Waals surface area (Å²) >= 11 is 0. The van der Waals surface area contributed by atoms with Crippen LogP contribution in [-0.4, -0.2) is 30.4 Å². The van der Waals surface area contributed by atoms with Gasteiger partial charge in [0, 0.05) is 41.7 Å². The van der Waals surface area contributed by atoms with Gasteiger partial charge in [-0.25, -0.2) is 15.0 Å². The van der Waals surface area contributed by atoms with Crippen molar-refractivity contribution in [1.82, 2.24) is 24.5 Å². The second kappa shape index (κ2) is 10.4. The highest BCUT2D eigenvalue weighted by molar-refractivity contribution is 6.05. The average molecular weight is 530 g/mol. The third kappa shape index (κ3) is 5.61. The third-order valence-electron chi connectivity index (χ3n) is 5.88. The van der Waals surface area contributed by atoms with Gasteiger partial charge in [-0.15, -0.1) is 0 Å². The van der Waals surface area contributed by atoms with Gasteiger partial charge in [0.05, 0.1) is 35.2 Å². The summed E-state index contributed by atoms with van der Waals surface area (Å²) in [6.45, 7) is 3.60. The molecule has 0 aliphatic rings. The number of rotatable bonds is 6. The molecule has 5 aromatic rings. The van der Waals surface area contributed by atoms with Crippen LogP contribution in [0.3, 0.4) is 0 Å². The van der Waals surface area contributed by atoms with Crippen molar-refractivity contribution >= 4 is 28.9 Å². The number of amides is 1. The van der Waals surface area contributed by atoms with Crippen molar-refractivity contribution in [2.24, 2.45) is 0 Å². The number of benzene rings is 2. The molecule has 0 fully saturated rings. The van der Waals surface area contributed by atoms with Gasteiger partial charge in [0.25, 0.3) is 5.91 Å². The molecule has 2 aromatic carbocycles. The van der Waals surface area contributed by atoms with E-state index in [1.54, 1.807) is 73.1 Å². The van der Waals surface area contributed by atoms with E-state index in [0.717, 1.165) is 17.7 Å². The zero-order valence-corrected chi connectivity index (χ0v) is 20.9. The van der Waals surface area contributed by atoms with E-state index < -0.39 is 17.6 Å². The maximum absolute atomic E-state index is 13.7. The molecule has 0 spiro atoms. The fourth-order valence-electron chi connectivity index (χ4n) is 4.01. The van der Waals surface area contributed by atoms with Gasteiger partial charge >= 0.3 is 6.18 Å². The third-order valence-corrected chi connectivity index (χ3v) is 5.88. The lowest BCUT2D eigenvalue weighted by molar-refractivity contribution is -0.137. The first-order valence-corrected chi connectivity index (χ1v) is 11.8. The summed E-state index contributed by atoms with van der Waals surface area (Å²) in [4.78, 5) is 32.1. The maximum Gasteiger partial charge on any atom is 0.416 e. The first kappa shape index (κ1) is 25.6. The summed E-state index contributed by atoms with van der Waals surface area (Å²) in [5.74, 6) is -0.215. The Labute approximate surface area is 221 Å². The van der Waals surface area contributed by atoms with Gasteiger partial charge in [-0.05, 0) is 67.9 Å². The fraction of sp³-hybridized carbons (Fsp3) is 0.107. The quantitative estimate of drug-likeness (QED) is 0.273. The summed E-state index contributed by atoms with van der Waals surface area (Å²) < 4.78 is 42.5. The molecule has 8 nitrogen and oxygen atoms in total. The normalized spacial score (nSPS) is 11.3. The van der Waals surface area contributed by atoms with E-state index in [2.05, 4.69) is 25.3 Å². The molecule has 3 heterocycles. The van der Waals surface area contributed by atoms with Crippen molar-refractivity contribution in [2.45, 2.75) is 20.0 Å². The molecule has 1 amide bonds. The first-order chi connectivity index (χ1) is 18.7. The first-order valence-electron chi connectivity index (χ1n) is 11.8. The number of aryl methyl sites for hydroxylation is 2. The lowest BCUT2D eigenvalue weighted by atomic mass is 10.1. The zero-order chi connectivity index (χ0) is 27.6. The van der Waals surface area contributed by atoms with Crippen LogP contribution in [0.4, 0.5) is 36.2 Å². The molecular formula is C28H22F3N7O. The van der Waals surface area contributed by atoms with Gasteiger partial charge in [0.2, 0.25) is 5.95 Å². The Morgan fingerprint density at radius 1 is 0.949 bits per heavy atom. The van der Waals surface area contributed by atoms with Gasteiger partial charge in [0.1, 0.15) is 0 Å². The summed E-state index contributed by atoms with van der Waals surface area (Å²) in [6, 6.07) is 13.7. The van der Waals surface area contributed by atoms with Gasteiger partial charge in [-0.3, -0.25) is 14.7 Å². The van der Waals surface area contributed by atoms with E-state index in [-0.39, 0.29) is 16.9 Å². The van der Waals surface area contributed by atoms with E-state index in [0.29, 0.717) is 23.0 Å². The molecule has 0 atom stereocenters. The molecule has 39 heavy (non-hydrogen) atoms. The van der Waals surface area contributed by atoms with E-state index in [9.17, 15) is 18.0 Å². The standard InChI is InChI=1S/C28H22F3N7O/c1-18-6-7-20(11-25(18)38(23-5-3-8-32-15-23)27-33-9-4-10-34-27)26(39)36-22-12-21(28(29,30)31)13-24(14-22)37-16-19(2)35-17-37/h3-17H,1-2H3,(H,36,39). The molecule has 5 rings (SSSR count). The smallest absolute Gasteiger partial charge is 0.322 e. The SMILES string of the molecule is Cc1cn(-c2cc(NC(=O)c3ccc(C)c(N(c4cccnc4)c4ncccn4)c3)cc(C(F)(F)F)c2)cn1. The number of hydrogen-bond acceptors (Lipinski definition) is 6. The van der Waals surface area contributed by atoms with Crippen LogP contribution in [0, 0.1) is 13.8 Å². The Balaban J connectivity index is 1.52. The van der Waals surface area contributed by atoms with E-state index in [1.807, 2.05) is 13.0 Å². The van der Waals surface area contributed by atoms with Crippen LogP contribution in [-0.2, 0) is 6.18 Å². The molecule has 1 N–H and O–H groups in total. The number of halogens is 3.